The second kappa shape index (κ2) is 7.97. The Kier molecular flexibility index (Phi) is 5.70. The summed E-state index contributed by atoms with van der Waals surface area (Å²) in [5, 5.41) is 15.1. The van der Waals surface area contributed by atoms with Crippen molar-refractivity contribution in [1.29, 1.82) is 0 Å². The molecule has 1 aromatic heterocycles. The van der Waals surface area contributed by atoms with Gasteiger partial charge in [0.2, 0.25) is 11.1 Å². The summed E-state index contributed by atoms with van der Waals surface area (Å²) in [6.07, 6.45) is 2.25. The van der Waals surface area contributed by atoms with E-state index in [-0.39, 0.29) is 17.3 Å². The van der Waals surface area contributed by atoms with Gasteiger partial charge in [-0.15, -0.1) is 5.10 Å². The lowest BCUT2D eigenvalue weighted by atomic mass is 10.1. The van der Waals surface area contributed by atoms with E-state index in [2.05, 4.69) is 20.8 Å². The zero-order chi connectivity index (χ0) is 17.8. The van der Waals surface area contributed by atoms with Gasteiger partial charge in [-0.25, -0.2) is 4.68 Å². The van der Waals surface area contributed by atoms with E-state index in [0.29, 0.717) is 11.7 Å². The fourth-order valence-corrected chi connectivity index (χ4v) is 3.51. The van der Waals surface area contributed by atoms with E-state index in [1.807, 2.05) is 39.0 Å². The monoisotopic (exact) mass is 361 g/mol. The Hall–Kier alpha value is -1.93. The van der Waals surface area contributed by atoms with Crippen molar-refractivity contribution < 1.29 is 9.53 Å². The van der Waals surface area contributed by atoms with Crippen molar-refractivity contribution >= 4 is 23.4 Å². The van der Waals surface area contributed by atoms with Crippen molar-refractivity contribution in [2.45, 2.75) is 56.7 Å². The van der Waals surface area contributed by atoms with Gasteiger partial charge in [0.05, 0.1) is 17.9 Å². The number of rotatable bonds is 6. The quantitative estimate of drug-likeness (QED) is 0.797. The van der Waals surface area contributed by atoms with E-state index in [1.54, 1.807) is 4.68 Å². The first-order chi connectivity index (χ1) is 12.0. The minimum absolute atomic E-state index is 0.0645. The molecule has 134 valence electrons. The zero-order valence-corrected chi connectivity index (χ0v) is 15.5. The highest BCUT2D eigenvalue weighted by Crippen LogP contribution is 2.24. The van der Waals surface area contributed by atoms with Gasteiger partial charge in [-0.05, 0) is 61.2 Å². The normalized spacial score (nSPS) is 18.3. The molecule has 7 nitrogen and oxygen atoms in total. The highest BCUT2D eigenvalue weighted by molar-refractivity contribution is 8.00. The second-order valence-electron chi connectivity index (χ2n) is 6.28. The third-order valence-corrected chi connectivity index (χ3v) is 5.48. The van der Waals surface area contributed by atoms with Gasteiger partial charge in [-0.3, -0.25) is 4.79 Å². The topological polar surface area (TPSA) is 81.9 Å². The van der Waals surface area contributed by atoms with Crippen LogP contribution in [0.25, 0.3) is 0 Å². The fourth-order valence-electron chi connectivity index (χ4n) is 2.71. The molecular weight excluding hydrogens is 338 g/mol. The Balaban J connectivity index is 1.62. The maximum Gasteiger partial charge on any atom is 0.237 e. The van der Waals surface area contributed by atoms with Crippen LogP contribution < -0.4 is 5.32 Å². The second-order valence-corrected chi connectivity index (χ2v) is 7.58. The van der Waals surface area contributed by atoms with Gasteiger partial charge in [0.1, 0.15) is 0 Å². The number of hydrogen-bond acceptors (Lipinski definition) is 6. The standard InChI is InChI=1S/C17H23N5O2S/c1-11-6-4-8-15(12(11)2)18-16(23)13(3)25-17-19-20-21-22(17)10-14-7-5-9-24-14/h4,6,8,13-14H,5,7,9-10H2,1-3H3,(H,18,23). The summed E-state index contributed by atoms with van der Waals surface area (Å²) in [6, 6.07) is 5.89. The number of benzene rings is 1. The van der Waals surface area contributed by atoms with E-state index in [9.17, 15) is 4.79 Å². The van der Waals surface area contributed by atoms with Gasteiger partial charge in [0, 0.05) is 12.3 Å². The minimum atomic E-state index is -0.311. The average molecular weight is 361 g/mol. The lowest BCUT2D eigenvalue weighted by molar-refractivity contribution is -0.115. The molecule has 2 unspecified atom stereocenters. The summed E-state index contributed by atoms with van der Waals surface area (Å²) >= 11 is 1.36. The number of tetrazole rings is 1. The number of thioether (sulfide) groups is 1. The first-order valence-electron chi connectivity index (χ1n) is 8.46. The molecule has 2 heterocycles. The molecule has 0 spiro atoms. The summed E-state index contributed by atoms with van der Waals surface area (Å²) in [7, 11) is 0. The van der Waals surface area contributed by atoms with Gasteiger partial charge in [0.15, 0.2) is 0 Å². The third-order valence-electron chi connectivity index (χ3n) is 4.41. The molecule has 8 heteroatoms. The summed E-state index contributed by atoms with van der Waals surface area (Å²) in [5.74, 6) is -0.0645. The number of carbonyl (C=O) groups is 1. The highest BCUT2D eigenvalue weighted by atomic mass is 32.2. The number of hydrogen-bond donors (Lipinski definition) is 1. The van der Waals surface area contributed by atoms with Crippen molar-refractivity contribution in [3.63, 3.8) is 0 Å². The fraction of sp³-hybridized carbons (Fsp3) is 0.529. The summed E-state index contributed by atoms with van der Waals surface area (Å²) in [5.41, 5.74) is 3.08. The number of nitrogens with one attached hydrogen (secondary N) is 1. The first kappa shape index (κ1) is 17.9. The molecule has 1 amide bonds. The van der Waals surface area contributed by atoms with Crippen molar-refractivity contribution in [1.82, 2.24) is 20.2 Å². The molecule has 25 heavy (non-hydrogen) atoms. The Morgan fingerprint density at radius 3 is 3.08 bits per heavy atom. The average Bonchev–Trinajstić information content (AvgIpc) is 3.25. The third kappa shape index (κ3) is 4.38. The minimum Gasteiger partial charge on any atom is -0.376 e. The highest BCUT2D eigenvalue weighted by Gasteiger charge is 2.22. The Bertz CT molecular complexity index is 742. The van der Waals surface area contributed by atoms with Crippen LogP contribution in [0.4, 0.5) is 5.69 Å². The number of aryl methyl sites for hydroxylation is 1. The van der Waals surface area contributed by atoms with Gasteiger partial charge in [-0.1, -0.05) is 23.9 Å². The Morgan fingerprint density at radius 1 is 1.48 bits per heavy atom. The number of aromatic nitrogens is 4. The maximum atomic E-state index is 12.5. The van der Waals surface area contributed by atoms with Crippen LogP contribution >= 0.6 is 11.8 Å². The van der Waals surface area contributed by atoms with Gasteiger partial charge >= 0.3 is 0 Å². The first-order valence-corrected chi connectivity index (χ1v) is 9.34. The van der Waals surface area contributed by atoms with Gasteiger partial charge < -0.3 is 10.1 Å². The van der Waals surface area contributed by atoms with Crippen LogP contribution in [0.3, 0.4) is 0 Å². The lowest BCUT2D eigenvalue weighted by Gasteiger charge is -2.15. The summed E-state index contributed by atoms with van der Waals surface area (Å²) in [6.45, 7) is 7.31. The van der Waals surface area contributed by atoms with Crippen LogP contribution in [0.1, 0.15) is 30.9 Å². The van der Waals surface area contributed by atoms with Crippen molar-refractivity contribution in [2.24, 2.45) is 0 Å². The van der Waals surface area contributed by atoms with E-state index in [1.165, 1.54) is 11.8 Å². The predicted octanol–water partition coefficient (Wildman–Crippen LogP) is 2.59. The van der Waals surface area contributed by atoms with Crippen molar-refractivity contribution in [3.05, 3.63) is 29.3 Å². The largest absolute Gasteiger partial charge is 0.376 e. The molecule has 2 aromatic rings. The van der Waals surface area contributed by atoms with Crippen molar-refractivity contribution in [3.8, 4) is 0 Å². The number of amides is 1. The molecule has 0 saturated carbocycles. The van der Waals surface area contributed by atoms with Gasteiger partial charge in [-0.2, -0.15) is 0 Å². The van der Waals surface area contributed by atoms with E-state index < -0.39 is 0 Å². The van der Waals surface area contributed by atoms with E-state index in [4.69, 9.17) is 4.74 Å². The zero-order valence-electron chi connectivity index (χ0n) is 14.7. The molecule has 0 aliphatic carbocycles. The van der Waals surface area contributed by atoms with Gasteiger partial charge in [0.25, 0.3) is 0 Å². The molecule has 1 aliphatic heterocycles. The molecule has 2 atom stereocenters. The van der Waals surface area contributed by atoms with Crippen LogP contribution in [0.5, 0.6) is 0 Å². The number of anilines is 1. The summed E-state index contributed by atoms with van der Waals surface area (Å²) in [4.78, 5) is 12.5. The Labute approximate surface area is 151 Å². The molecule has 1 aromatic carbocycles. The molecule has 0 radical (unpaired) electrons. The summed E-state index contributed by atoms with van der Waals surface area (Å²) < 4.78 is 7.36. The molecule has 1 fully saturated rings. The Morgan fingerprint density at radius 2 is 2.32 bits per heavy atom. The number of ether oxygens (including phenoxy) is 1. The molecule has 1 N–H and O–H groups in total. The van der Waals surface area contributed by atoms with E-state index in [0.717, 1.165) is 36.3 Å². The predicted molar refractivity (Wildman–Crippen MR) is 96.7 cm³/mol. The van der Waals surface area contributed by atoms with Crippen LogP contribution in [0.15, 0.2) is 23.4 Å². The van der Waals surface area contributed by atoms with Crippen LogP contribution in [-0.4, -0.2) is 44.1 Å². The maximum absolute atomic E-state index is 12.5. The molecule has 3 rings (SSSR count). The molecular formula is C17H23N5O2S. The molecule has 0 bridgehead atoms. The molecule has 1 aliphatic rings. The van der Waals surface area contributed by atoms with Crippen LogP contribution in [-0.2, 0) is 16.1 Å². The van der Waals surface area contributed by atoms with Crippen molar-refractivity contribution in [2.75, 3.05) is 11.9 Å². The lowest BCUT2D eigenvalue weighted by Crippen LogP contribution is -2.24. The van der Waals surface area contributed by atoms with Crippen LogP contribution in [0.2, 0.25) is 0 Å². The van der Waals surface area contributed by atoms with Crippen LogP contribution in [0, 0.1) is 13.8 Å². The smallest absolute Gasteiger partial charge is 0.237 e. The SMILES string of the molecule is Cc1cccc(NC(=O)C(C)Sc2nnnn2CC2CCCO2)c1C. The molecule has 1 saturated heterocycles. The van der Waals surface area contributed by atoms with E-state index >= 15 is 0 Å². The number of carbonyl (C=O) groups excluding carboxylic acids is 1. The number of nitrogens with zero attached hydrogens (tertiary/aromatic N) is 4.